The third-order valence-electron chi connectivity index (χ3n) is 2.63. The summed E-state index contributed by atoms with van der Waals surface area (Å²) >= 11 is 0. The minimum Gasteiger partial charge on any atom is -0.475 e. The molecule has 1 aliphatic carbocycles. The number of aliphatic carboxylic acids is 1. The van der Waals surface area contributed by atoms with Crippen molar-refractivity contribution in [2.24, 2.45) is 0 Å². The molecule has 0 saturated heterocycles. The summed E-state index contributed by atoms with van der Waals surface area (Å²) in [4.78, 5) is 10.7. The van der Waals surface area contributed by atoms with Crippen LogP contribution in [0.5, 0.6) is 5.75 Å². The number of hydrogen-bond acceptors (Lipinski definition) is 2. The van der Waals surface area contributed by atoms with Crippen LogP contribution >= 0.6 is 0 Å². The molecule has 0 aliphatic heterocycles. The van der Waals surface area contributed by atoms with Crippen molar-refractivity contribution in [3.05, 3.63) is 41.7 Å². The molecule has 0 heterocycles. The van der Waals surface area contributed by atoms with E-state index in [1.54, 1.807) is 6.92 Å². The van der Waals surface area contributed by atoms with E-state index < -0.39 is 5.97 Å². The molecule has 0 bridgehead atoms. The largest absolute Gasteiger partial charge is 0.475 e. The van der Waals surface area contributed by atoms with Gasteiger partial charge in [-0.05, 0) is 49.5 Å². The molecule has 0 spiro atoms. The zero-order valence-electron chi connectivity index (χ0n) is 9.14. The zero-order chi connectivity index (χ0) is 11.5. The second-order valence-electron chi connectivity index (χ2n) is 3.90. The lowest BCUT2D eigenvalue weighted by Crippen LogP contribution is -2.07. The molecular formula is C13H14O3. The van der Waals surface area contributed by atoms with Crippen LogP contribution < -0.4 is 4.74 Å². The van der Waals surface area contributed by atoms with Gasteiger partial charge in [-0.25, -0.2) is 4.79 Å². The molecule has 16 heavy (non-hydrogen) atoms. The summed E-state index contributed by atoms with van der Waals surface area (Å²) in [5.41, 5.74) is 1.31. The summed E-state index contributed by atoms with van der Waals surface area (Å²) in [6, 6.07) is 7.64. The number of hydrogen-bond donors (Lipinski definition) is 1. The van der Waals surface area contributed by atoms with E-state index in [2.05, 4.69) is 0 Å². The molecule has 0 radical (unpaired) electrons. The minimum absolute atomic E-state index is 0.0424. The number of rotatable bonds is 4. The molecule has 0 atom stereocenters. The maximum atomic E-state index is 10.7. The summed E-state index contributed by atoms with van der Waals surface area (Å²) in [5.74, 6) is 0.183. The maximum Gasteiger partial charge on any atom is 0.371 e. The van der Waals surface area contributed by atoms with Gasteiger partial charge in [0.2, 0.25) is 5.76 Å². The number of benzene rings is 1. The molecule has 1 N–H and O–H groups in total. The van der Waals surface area contributed by atoms with Crippen LogP contribution in [0.2, 0.25) is 0 Å². The van der Waals surface area contributed by atoms with Crippen molar-refractivity contribution in [3.8, 4) is 5.75 Å². The molecule has 1 saturated carbocycles. The minimum atomic E-state index is -1.05. The topological polar surface area (TPSA) is 46.5 Å². The van der Waals surface area contributed by atoms with Gasteiger partial charge in [-0.3, -0.25) is 0 Å². The molecule has 0 amide bonds. The van der Waals surface area contributed by atoms with E-state index in [0.717, 1.165) is 0 Å². The fraction of sp³-hybridized carbons (Fsp3) is 0.308. The van der Waals surface area contributed by atoms with Gasteiger partial charge in [0.15, 0.2) is 0 Å². The van der Waals surface area contributed by atoms with Gasteiger partial charge < -0.3 is 9.84 Å². The van der Waals surface area contributed by atoms with E-state index in [1.165, 1.54) is 24.5 Å². The van der Waals surface area contributed by atoms with E-state index in [-0.39, 0.29) is 5.76 Å². The second-order valence-corrected chi connectivity index (χ2v) is 3.90. The van der Waals surface area contributed by atoms with Gasteiger partial charge in [-0.15, -0.1) is 0 Å². The molecule has 1 aromatic rings. The van der Waals surface area contributed by atoms with Gasteiger partial charge in [-0.1, -0.05) is 12.1 Å². The van der Waals surface area contributed by atoms with E-state index >= 15 is 0 Å². The van der Waals surface area contributed by atoms with E-state index in [9.17, 15) is 4.79 Å². The first-order chi connectivity index (χ1) is 7.70. The Kier molecular flexibility index (Phi) is 2.95. The van der Waals surface area contributed by atoms with Crippen LogP contribution in [0, 0.1) is 0 Å². The van der Waals surface area contributed by atoms with Gasteiger partial charge in [0.25, 0.3) is 0 Å². The van der Waals surface area contributed by atoms with Crippen LogP contribution in [0.1, 0.15) is 31.2 Å². The van der Waals surface area contributed by atoms with Gasteiger partial charge in [0.1, 0.15) is 5.75 Å². The Balaban J connectivity index is 2.06. The highest BCUT2D eigenvalue weighted by Crippen LogP contribution is 2.40. The fourth-order valence-corrected chi connectivity index (χ4v) is 1.58. The van der Waals surface area contributed by atoms with Crippen LogP contribution in [0.4, 0.5) is 0 Å². The predicted octanol–water partition coefficient (Wildman–Crippen LogP) is 2.93. The number of carboxylic acid groups (broad SMARTS) is 1. The molecule has 3 heteroatoms. The van der Waals surface area contributed by atoms with Crippen molar-refractivity contribution < 1.29 is 14.6 Å². The van der Waals surface area contributed by atoms with Crippen LogP contribution in [0.25, 0.3) is 0 Å². The van der Waals surface area contributed by atoms with Gasteiger partial charge >= 0.3 is 5.97 Å². The van der Waals surface area contributed by atoms with Crippen molar-refractivity contribution in [1.82, 2.24) is 0 Å². The Morgan fingerprint density at radius 1 is 1.38 bits per heavy atom. The Morgan fingerprint density at radius 3 is 2.44 bits per heavy atom. The van der Waals surface area contributed by atoms with Crippen LogP contribution in [0.15, 0.2) is 36.1 Å². The summed E-state index contributed by atoms with van der Waals surface area (Å²) < 4.78 is 5.24. The average molecular weight is 218 g/mol. The summed E-state index contributed by atoms with van der Waals surface area (Å²) in [6.45, 7) is 1.64. The standard InChI is InChI=1S/C13H14O3/c1-2-12(13(14)15)16-11-7-5-10(6-8-11)9-3-4-9/h2,5-9H,3-4H2,1H3,(H,14,15)/b12-2-. The van der Waals surface area contributed by atoms with Crippen LogP contribution in [-0.4, -0.2) is 11.1 Å². The summed E-state index contributed by atoms with van der Waals surface area (Å²) in [5, 5.41) is 8.79. The quantitative estimate of drug-likeness (QED) is 0.624. The number of carbonyl (C=O) groups is 1. The lowest BCUT2D eigenvalue weighted by Gasteiger charge is -2.06. The third kappa shape index (κ3) is 2.42. The third-order valence-corrected chi connectivity index (χ3v) is 2.63. The number of ether oxygens (including phenoxy) is 1. The molecule has 1 fully saturated rings. The van der Waals surface area contributed by atoms with E-state index in [4.69, 9.17) is 9.84 Å². The Hall–Kier alpha value is -1.77. The predicted molar refractivity (Wildman–Crippen MR) is 60.4 cm³/mol. The van der Waals surface area contributed by atoms with Gasteiger partial charge in [0, 0.05) is 0 Å². The SMILES string of the molecule is C/C=C(\Oc1ccc(C2CC2)cc1)C(=O)O. The molecule has 1 aliphatic rings. The highest BCUT2D eigenvalue weighted by atomic mass is 16.5. The first kappa shape index (κ1) is 10.7. The zero-order valence-corrected chi connectivity index (χ0v) is 9.14. The van der Waals surface area contributed by atoms with E-state index in [1.807, 2.05) is 24.3 Å². The fourth-order valence-electron chi connectivity index (χ4n) is 1.58. The highest BCUT2D eigenvalue weighted by molar-refractivity contribution is 5.84. The van der Waals surface area contributed by atoms with Gasteiger partial charge in [0.05, 0.1) is 0 Å². The molecule has 1 aromatic carbocycles. The number of carboxylic acids is 1. The lowest BCUT2D eigenvalue weighted by atomic mass is 10.1. The van der Waals surface area contributed by atoms with Crippen molar-refractivity contribution >= 4 is 5.97 Å². The number of allylic oxidation sites excluding steroid dienone is 1. The average Bonchev–Trinajstić information content (AvgIpc) is 3.10. The second kappa shape index (κ2) is 4.39. The Morgan fingerprint density at radius 2 is 2.00 bits per heavy atom. The smallest absolute Gasteiger partial charge is 0.371 e. The van der Waals surface area contributed by atoms with Crippen molar-refractivity contribution in [1.29, 1.82) is 0 Å². The van der Waals surface area contributed by atoms with Crippen LogP contribution in [0.3, 0.4) is 0 Å². The molecule has 84 valence electrons. The first-order valence-electron chi connectivity index (χ1n) is 5.38. The molecule has 2 rings (SSSR count). The Bertz CT molecular complexity index is 413. The Labute approximate surface area is 94.4 Å². The highest BCUT2D eigenvalue weighted by Gasteiger charge is 2.23. The lowest BCUT2D eigenvalue weighted by molar-refractivity contribution is -0.135. The molecule has 0 aromatic heterocycles. The maximum absolute atomic E-state index is 10.7. The van der Waals surface area contributed by atoms with E-state index in [0.29, 0.717) is 11.7 Å². The van der Waals surface area contributed by atoms with Crippen molar-refractivity contribution in [3.63, 3.8) is 0 Å². The summed E-state index contributed by atoms with van der Waals surface area (Å²) in [7, 11) is 0. The van der Waals surface area contributed by atoms with Crippen LogP contribution in [-0.2, 0) is 4.79 Å². The first-order valence-corrected chi connectivity index (χ1v) is 5.38. The molecule has 0 unspecified atom stereocenters. The molecular weight excluding hydrogens is 204 g/mol. The van der Waals surface area contributed by atoms with Gasteiger partial charge in [-0.2, -0.15) is 0 Å². The monoisotopic (exact) mass is 218 g/mol. The van der Waals surface area contributed by atoms with Crippen molar-refractivity contribution in [2.45, 2.75) is 25.7 Å². The summed E-state index contributed by atoms with van der Waals surface area (Å²) in [6.07, 6.45) is 3.96. The van der Waals surface area contributed by atoms with Crippen molar-refractivity contribution in [2.75, 3.05) is 0 Å². The normalized spacial score (nSPS) is 15.9. The molecule has 3 nitrogen and oxygen atoms in total.